The normalized spacial score (nSPS) is 11.4. The zero-order valence-electron chi connectivity index (χ0n) is 22.4. The van der Waals surface area contributed by atoms with Gasteiger partial charge in [0.15, 0.2) is 0 Å². The first kappa shape index (κ1) is 28.1. The predicted octanol–water partition coefficient (Wildman–Crippen LogP) is 6.54. The first-order valence-electron chi connectivity index (χ1n) is 12.6. The van der Waals surface area contributed by atoms with Gasteiger partial charge >= 0.3 is 0 Å². The molecule has 7 nitrogen and oxygen atoms in total. The lowest BCUT2D eigenvalue weighted by molar-refractivity contribution is -0.112. The molecule has 0 aliphatic carbocycles. The molecule has 8 heteroatoms. The second-order valence-corrected chi connectivity index (χ2v) is 11.0. The van der Waals surface area contributed by atoms with Gasteiger partial charge in [-0.2, -0.15) is 5.26 Å². The van der Waals surface area contributed by atoms with Gasteiger partial charge in [0.25, 0.3) is 15.9 Å². The lowest BCUT2D eigenvalue weighted by Gasteiger charge is -2.13. The van der Waals surface area contributed by atoms with E-state index in [0.717, 1.165) is 22.3 Å². The molecule has 0 saturated heterocycles. The lowest BCUT2D eigenvalue weighted by atomic mass is 10.1. The molecule has 0 atom stereocenters. The number of aryl methyl sites for hydroxylation is 3. The summed E-state index contributed by atoms with van der Waals surface area (Å²) < 4.78 is 34.3. The number of rotatable bonds is 9. The number of carbonyl (C=O) groups excluding carboxylic acids is 1. The van der Waals surface area contributed by atoms with E-state index in [2.05, 4.69) is 10.0 Å². The second-order valence-electron chi connectivity index (χ2n) is 9.30. The Balaban J connectivity index is 1.40. The first-order chi connectivity index (χ1) is 19.2. The number of para-hydroxylation sites is 1. The van der Waals surface area contributed by atoms with Crippen LogP contribution in [0.5, 0.6) is 5.75 Å². The molecular formula is C32H29N3O4S. The van der Waals surface area contributed by atoms with Crippen molar-refractivity contribution in [2.75, 3.05) is 10.0 Å². The molecule has 4 aromatic carbocycles. The standard InChI is InChI=1S/C32H29N3O4S/c1-22-7-4-5-10-26(22)21-39-29-15-11-25(12-16-29)19-27(20-33)32(36)34-28-13-17-30(18-14-28)40(37,38)35-31-23(2)8-6-9-24(31)3/h4-19,35H,21H2,1-3H3,(H,34,36). The minimum Gasteiger partial charge on any atom is -0.489 e. The summed E-state index contributed by atoms with van der Waals surface area (Å²) in [5, 5.41) is 12.2. The zero-order chi connectivity index (χ0) is 28.7. The van der Waals surface area contributed by atoms with Gasteiger partial charge in [-0.15, -0.1) is 0 Å². The quantitative estimate of drug-likeness (QED) is 0.181. The molecule has 2 N–H and O–H groups in total. The highest BCUT2D eigenvalue weighted by molar-refractivity contribution is 7.92. The van der Waals surface area contributed by atoms with E-state index < -0.39 is 15.9 Å². The van der Waals surface area contributed by atoms with E-state index in [1.54, 1.807) is 24.3 Å². The lowest BCUT2D eigenvalue weighted by Crippen LogP contribution is -2.16. The summed E-state index contributed by atoms with van der Waals surface area (Å²) in [5.74, 6) is 0.0668. The van der Waals surface area contributed by atoms with Crippen LogP contribution in [0.2, 0.25) is 0 Å². The van der Waals surface area contributed by atoms with Crippen molar-refractivity contribution in [3.8, 4) is 11.8 Å². The van der Waals surface area contributed by atoms with Crippen LogP contribution in [-0.2, 0) is 21.4 Å². The van der Waals surface area contributed by atoms with Crippen LogP contribution < -0.4 is 14.8 Å². The van der Waals surface area contributed by atoms with E-state index in [-0.39, 0.29) is 10.5 Å². The van der Waals surface area contributed by atoms with Crippen molar-refractivity contribution in [3.63, 3.8) is 0 Å². The molecule has 0 aliphatic heterocycles. The van der Waals surface area contributed by atoms with Crippen LogP contribution in [0.1, 0.15) is 27.8 Å². The minimum atomic E-state index is -3.83. The molecule has 1 amide bonds. The first-order valence-corrected chi connectivity index (χ1v) is 14.0. The third-order valence-corrected chi connectivity index (χ3v) is 7.72. The van der Waals surface area contributed by atoms with Gasteiger partial charge < -0.3 is 10.1 Å². The number of sulfonamides is 1. The molecule has 0 radical (unpaired) electrons. The summed E-state index contributed by atoms with van der Waals surface area (Å²) in [7, 11) is -3.83. The van der Waals surface area contributed by atoms with Gasteiger partial charge in [0.2, 0.25) is 0 Å². The fraction of sp³-hybridized carbons (Fsp3) is 0.125. The molecule has 4 rings (SSSR count). The Hall–Kier alpha value is -4.87. The van der Waals surface area contributed by atoms with Crippen LogP contribution in [0.4, 0.5) is 11.4 Å². The highest BCUT2D eigenvalue weighted by Crippen LogP contribution is 2.24. The average Bonchev–Trinajstić information content (AvgIpc) is 2.94. The predicted molar refractivity (Wildman–Crippen MR) is 157 cm³/mol. The van der Waals surface area contributed by atoms with Crippen molar-refractivity contribution >= 4 is 33.4 Å². The van der Waals surface area contributed by atoms with Crippen molar-refractivity contribution in [2.24, 2.45) is 0 Å². The number of nitrogens with zero attached hydrogens (tertiary/aromatic N) is 1. The molecule has 202 valence electrons. The Kier molecular flexibility index (Phi) is 8.67. The highest BCUT2D eigenvalue weighted by Gasteiger charge is 2.17. The van der Waals surface area contributed by atoms with E-state index in [0.29, 0.717) is 29.3 Å². The Morgan fingerprint density at radius 2 is 1.48 bits per heavy atom. The van der Waals surface area contributed by atoms with Gasteiger partial charge in [0, 0.05) is 5.69 Å². The summed E-state index contributed by atoms with van der Waals surface area (Å²) in [6, 6.07) is 28.3. The summed E-state index contributed by atoms with van der Waals surface area (Å²) in [4.78, 5) is 12.8. The maximum absolute atomic E-state index is 12.9. The van der Waals surface area contributed by atoms with E-state index in [9.17, 15) is 18.5 Å². The number of nitrogens with one attached hydrogen (secondary N) is 2. The third kappa shape index (κ3) is 6.95. The number of hydrogen-bond acceptors (Lipinski definition) is 5. The topological polar surface area (TPSA) is 108 Å². The molecular weight excluding hydrogens is 522 g/mol. The number of hydrogen-bond donors (Lipinski definition) is 2. The highest BCUT2D eigenvalue weighted by atomic mass is 32.2. The smallest absolute Gasteiger partial charge is 0.266 e. The SMILES string of the molecule is Cc1ccccc1COc1ccc(C=C(C#N)C(=O)Nc2ccc(S(=O)(=O)Nc3c(C)cccc3C)cc2)cc1. The largest absolute Gasteiger partial charge is 0.489 e. The average molecular weight is 552 g/mol. The maximum atomic E-state index is 12.9. The van der Waals surface area contributed by atoms with Crippen LogP contribution in [0.15, 0.2) is 101 Å². The summed E-state index contributed by atoms with van der Waals surface area (Å²) in [6.07, 6.45) is 1.48. The summed E-state index contributed by atoms with van der Waals surface area (Å²) in [6.45, 7) is 6.13. The molecule has 0 heterocycles. The fourth-order valence-electron chi connectivity index (χ4n) is 3.99. The van der Waals surface area contributed by atoms with Crippen molar-refractivity contribution in [3.05, 3.63) is 124 Å². The van der Waals surface area contributed by atoms with Gasteiger partial charge in [-0.25, -0.2) is 8.42 Å². The van der Waals surface area contributed by atoms with E-state index in [4.69, 9.17) is 4.74 Å². The van der Waals surface area contributed by atoms with Gasteiger partial charge in [0.05, 0.1) is 10.6 Å². The van der Waals surface area contributed by atoms with Crippen molar-refractivity contribution in [1.29, 1.82) is 5.26 Å². The molecule has 0 saturated carbocycles. The van der Waals surface area contributed by atoms with Gasteiger partial charge in [-0.3, -0.25) is 9.52 Å². The summed E-state index contributed by atoms with van der Waals surface area (Å²) >= 11 is 0. The molecule has 0 fully saturated rings. The second kappa shape index (κ2) is 12.3. The van der Waals surface area contributed by atoms with E-state index in [1.807, 2.05) is 69.3 Å². The molecule has 40 heavy (non-hydrogen) atoms. The monoisotopic (exact) mass is 551 g/mol. The van der Waals surface area contributed by atoms with E-state index >= 15 is 0 Å². The molecule has 0 aliphatic rings. The number of carbonyl (C=O) groups is 1. The van der Waals surface area contributed by atoms with E-state index in [1.165, 1.54) is 30.3 Å². The van der Waals surface area contributed by atoms with Crippen LogP contribution in [0.25, 0.3) is 6.08 Å². The Morgan fingerprint density at radius 3 is 2.10 bits per heavy atom. The van der Waals surface area contributed by atoms with Crippen LogP contribution >= 0.6 is 0 Å². The zero-order valence-corrected chi connectivity index (χ0v) is 23.2. The van der Waals surface area contributed by atoms with Crippen molar-refractivity contribution in [2.45, 2.75) is 32.3 Å². The number of anilines is 2. The number of nitriles is 1. The fourth-order valence-corrected chi connectivity index (χ4v) is 5.20. The maximum Gasteiger partial charge on any atom is 0.266 e. The third-order valence-electron chi connectivity index (χ3n) is 6.35. The molecule has 0 bridgehead atoms. The van der Waals surface area contributed by atoms with Crippen LogP contribution in [0.3, 0.4) is 0 Å². The summed E-state index contributed by atoms with van der Waals surface area (Å²) in [5.41, 5.74) is 5.33. The Morgan fingerprint density at radius 1 is 0.850 bits per heavy atom. The molecule has 0 unspecified atom stereocenters. The van der Waals surface area contributed by atoms with Crippen molar-refractivity contribution in [1.82, 2.24) is 0 Å². The minimum absolute atomic E-state index is 0.0499. The number of ether oxygens (including phenoxy) is 1. The van der Waals surface area contributed by atoms with Crippen molar-refractivity contribution < 1.29 is 17.9 Å². The van der Waals surface area contributed by atoms with Crippen LogP contribution in [0, 0.1) is 32.1 Å². The van der Waals surface area contributed by atoms with Gasteiger partial charge in [-0.1, -0.05) is 54.6 Å². The number of benzene rings is 4. The molecule has 4 aromatic rings. The van der Waals surface area contributed by atoms with Crippen LogP contribution in [-0.4, -0.2) is 14.3 Å². The van der Waals surface area contributed by atoms with Gasteiger partial charge in [0.1, 0.15) is 24.0 Å². The number of amides is 1. The Labute approximate surface area is 234 Å². The van der Waals surface area contributed by atoms with Gasteiger partial charge in [-0.05, 0) is 91.1 Å². The molecule has 0 aromatic heterocycles. The molecule has 0 spiro atoms. The Bertz CT molecular complexity index is 1680.